The molecule has 0 amide bonds. The topological polar surface area (TPSA) is 58.6 Å². The van der Waals surface area contributed by atoms with Gasteiger partial charge in [-0.1, -0.05) is 0 Å². The molecule has 0 aromatic carbocycles. The van der Waals surface area contributed by atoms with E-state index in [9.17, 15) is 9.18 Å². The number of aromatic amines is 1. The van der Waals surface area contributed by atoms with Gasteiger partial charge < -0.3 is 4.98 Å². The van der Waals surface area contributed by atoms with Crippen LogP contribution in [0.25, 0.3) is 11.0 Å². The maximum absolute atomic E-state index is 12.6. The van der Waals surface area contributed by atoms with Gasteiger partial charge in [0.25, 0.3) is 0 Å². The molecule has 12 heavy (non-hydrogen) atoms. The Morgan fingerprint density at radius 3 is 3.17 bits per heavy atom. The van der Waals surface area contributed by atoms with Crippen molar-refractivity contribution in [3.8, 4) is 0 Å². The summed E-state index contributed by atoms with van der Waals surface area (Å²) in [5.74, 6) is -0.822. The molecule has 0 saturated heterocycles. The number of pyridine rings is 1. The summed E-state index contributed by atoms with van der Waals surface area (Å²) in [5.41, 5.74) is -0.333. The third-order valence-electron chi connectivity index (χ3n) is 1.51. The summed E-state index contributed by atoms with van der Waals surface area (Å²) in [6.45, 7) is 0. The van der Waals surface area contributed by atoms with E-state index in [4.69, 9.17) is 0 Å². The van der Waals surface area contributed by atoms with Crippen molar-refractivity contribution in [1.82, 2.24) is 15.0 Å². The van der Waals surface area contributed by atoms with Crippen LogP contribution < -0.4 is 5.43 Å². The summed E-state index contributed by atoms with van der Waals surface area (Å²) >= 11 is 0. The minimum atomic E-state index is -0.822. The van der Waals surface area contributed by atoms with Gasteiger partial charge in [0.2, 0.25) is 5.43 Å². The van der Waals surface area contributed by atoms with Crippen molar-refractivity contribution in [1.29, 1.82) is 0 Å². The first-order valence-corrected chi connectivity index (χ1v) is 3.26. The lowest BCUT2D eigenvalue weighted by Gasteiger charge is -1.93. The number of aromatic nitrogens is 3. The average Bonchev–Trinajstić information content (AvgIpc) is 2.12. The summed E-state index contributed by atoms with van der Waals surface area (Å²) in [6.07, 6.45) is 3.55. The molecule has 0 radical (unpaired) electrons. The lowest BCUT2D eigenvalue weighted by Crippen LogP contribution is -2.08. The predicted molar refractivity (Wildman–Crippen MR) is 40.1 cm³/mol. The minimum Gasteiger partial charge on any atom is -0.343 e. The molecule has 2 heterocycles. The Labute approximate surface area is 66.1 Å². The van der Waals surface area contributed by atoms with Crippen LogP contribution in [-0.2, 0) is 0 Å². The molecular weight excluding hydrogens is 161 g/mol. The number of halogens is 1. The Morgan fingerprint density at radius 2 is 2.33 bits per heavy atom. The largest absolute Gasteiger partial charge is 0.343 e. The molecular formula is C7H4FN3O. The zero-order valence-electron chi connectivity index (χ0n) is 5.91. The number of nitrogens with one attached hydrogen (secondary N) is 1. The molecule has 0 saturated carbocycles. The van der Waals surface area contributed by atoms with E-state index in [0.29, 0.717) is 5.65 Å². The van der Waals surface area contributed by atoms with Gasteiger partial charge in [0, 0.05) is 12.4 Å². The number of rotatable bonds is 0. The summed E-state index contributed by atoms with van der Waals surface area (Å²) < 4.78 is 12.6. The number of nitrogens with zero attached hydrogens (tertiary/aromatic N) is 2. The Morgan fingerprint density at radius 1 is 1.50 bits per heavy atom. The Hall–Kier alpha value is -1.78. The zero-order chi connectivity index (χ0) is 8.55. The molecule has 1 N–H and O–H groups in total. The van der Waals surface area contributed by atoms with Crippen LogP contribution in [-0.4, -0.2) is 15.0 Å². The van der Waals surface area contributed by atoms with Crippen LogP contribution in [0, 0.1) is 5.82 Å². The first-order chi connectivity index (χ1) is 5.79. The molecule has 2 rings (SSSR count). The Kier molecular flexibility index (Phi) is 1.36. The second-order valence-electron chi connectivity index (χ2n) is 2.25. The Bertz CT molecular complexity index is 479. The van der Waals surface area contributed by atoms with Crippen LogP contribution in [0.4, 0.5) is 4.39 Å². The molecule has 0 aliphatic rings. The van der Waals surface area contributed by atoms with Crippen LogP contribution in [0.5, 0.6) is 0 Å². The fourth-order valence-corrected chi connectivity index (χ4v) is 0.937. The molecule has 0 bridgehead atoms. The van der Waals surface area contributed by atoms with E-state index in [1.165, 1.54) is 12.5 Å². The smallest absolute Gasteiger partial charge is 0.228 e. The monoisotopic (exact) mass is 165 g/mol. The van der Waals surface area contributed by atoms with Crippen molar-refractivity contribution in [2.45, 2.75) is 0 Å². The average molecular weight is 165 g/mol. The van der Waals surface area contributed by atoms with Crippen LogP contribution in [0.1, 0.15) is 0 Å². The van der Waals surface area contributed by atoms with Crippen LogP contribution in [0.15, 0.2) is 23.5 Å². The second kappa shape index (κ2) is 2.37. The van der Waals surface area contributed by atoms with Crippen LogP contribution in [0.3, 0.4) is 0 Å². The van der Waals surface area contributed by atoms with Crippen LogP contribution in [0.2, 0.25) is 0 Å². The zero-order valence-corrected chi connectivity index (χ0v) is 5.91. The molecule has 4 nitrogen and oxygen atoms in total. The summed E-state index contributed by atoms with van der Waals surface area (Å²) in [7, 11) is 0. The lowest BCUT2D eigenvalue weighted by molar-refractivity contribution is 0.614. The number of H-pyrrole nitrogens is 1. The van der Waals surface area contributed by atoms with E-state index in [2.05, 4.69) is 15.0 Å². The van der Waals surface area contributed by atoms with Gasteiger partial charge in [0.05, 0.1) is 5.39 Å². The van der Waals surface area contributed by atoms with Crippen molar-refractivity contribution in [3.63, 3.8) is 0 Å². The molecule has 0 fully saturated rings. The standard InChI is InChI=1S/C7H4FN3O/c8-5-2-10-7-4(6(5)12)1-9-3-11-7/h1-3H,(H,9,10,11,12). The fraction of sp³-hybridized carbons (Fsp3) is 0. The quantitative estimate of drug-likeness (QED) is 0.616. The van der Waals surface area contributed by atoms with E-state index in [1.807, 2.05) is 0 Å². The lowest BCUT2D eigenvalue weighted by atomic mass is 10.3. The normalized spacial score (nSPS) is 10.4. The molecule has 5 heteroatoms. The third kappa shape index (κ3) is 0.868. The number of fused-ring (bicyclic) bond motifs is 1. The third-order valence-corrected chi connectivity index (χ3v) is 1.51. The van der Waals surface area contributed by atoms with Gasteiger partial charge in [-0.25, -0.2) is 14.4 Å². The second-order valence-corrected chi connectivity index (χ2v) is 2.25. The highest BCUT2D eigenvalue weighted by Crippen LogP contribution is 2.00. The van der Waals surface area contributed by atoms with Crippen molar-refractivity contribution >= 4 is 11.0 Å². The molecule has 0 aliphatic heterocycles. The van der Waals surface area contributed by atoms with E-state index >= 15 is 0 Å². The van der Waals surface area contributed by atoms with Gasteiger partial charge in [-0.3, -0.25) is 4.79 Å². The highest BCUT2D eigenvalue weighted by molar-refractivity contribution is 5.72. The van der Waals surface area contributed by atoms with Crippen molar-refractivity contribution < 1.29 is 4.39 Å². The Balaban J connectivity index is 3.01. The summed E-state index contributed by atoms with van der Waals surface area (Å²) in [4.78, 5) is 21.0. The SMILES string of the molecule is O=c1c(F)c[nH]c2ncncc12. The van der Waals surface area contributed by atoms with E-state index in [1.54, 1.807) is 0 Å². The van der Waals surface area contributed by atoms with Gasteiger partial charge >= 0.3 is 0 Å². The first kappa shape index (κ1) is 6.90. The summed E-state index contributed by atoms with van der Waals surface area (Å²) in [5, 5.41) is 0.164. The van der Waals surface area contributed by atoms with Crippen molar-refractivity contribution in [2.75, 3.05) is 0 Å². The summed E-state index contributed by atoms with van der Waals surface area (Å²) in [6, 6.07) is 0. The van der Waals surface area contributed by atoms with Crippen LogP contribution >= 0.6 is 0 Å². The van der Waals surface area contributed by atoms with Gasteiger partial charge in [0.15, 0.2) is 5.82 Å². The highest BCUT2D eigenvalue weighted by Gasteiger charge is 2.03. The van der Waals surface area contributed by atoms with E-state index < -0.39 is 11.2 Å². The van der Waals surface area contributed by atoms with Gasteiger partial charge in [-0.05, 0) is 0 Å². The van der Waals surface area contributed by atoms with Crippen molar-refractivity contribution in [3.05, 3.63) is 34.8 Å². The molecule has 0 atom stereocenters. The minimum absolute atomic E-state index is 0.164. The number of hydrogen-bond acceptors (Lipinski definition) is 3. The van der Waals surface area contributed by atoms with Gasteiger partial charge in [-0.2, -0.15) is 0 Å². The molecule has 0 spiro atoms. The van der Waals surface area contributed by atoms with E-state index in [0.717, 1.165) is 6.20 Å². The molecule has 2 aromatic rings. The highest BCUT2D eigenvalue weighted by atomic mass is 19.1. The number of hydrogen-bond donors (Lipinski definition) is 1. The van der Waals surface area contributed by atoms with Gasteiger partial charge in [-0.15, -0.1) is 0 Å². The predicted octanol–water partition coefficient (Wildman–Crippen LogP) is 0.457. The van der Waals surface area contributed by atoms with Gasteiger partial charge in [0.1, 0.15) is 12.0 Å². The molecule has 2 aromatic heterocycles. The molecule has 0 aliphatic carbocycles. The van der Waals surface area contributed by atoms with E-state index in [-0.39, 0.29) is 5.39 Å². The maximum Gasteiger partial charge on any atom is 0.228 e. The molecule has 60 valence electrons. The molecule has 0 unspecified atom stereocenters. The maximum atomic E-state index is 12.6. The first-order valence-electron chi connectivity index (χ1n) is 3.26. The van der Waals surface area contributed by atoms with Crippen molar-refractivity contribution in [2.24, 2.45) is 0 Å². The fourth-order valence-electron chi connectivity index (χ4n) is 0.937.